The van der Waals surface area contributed by atoms with E-state index < -0.39 is 5.91 Å². The number of amides is 1. The van der Waals surface area contributed by atoms with E-state index in [9.17, 15) is 4.79 Å². The molecule has 27 heavy (non-hydrogen) atoms. The maximum atomic E-state index is 12.3. The van der Waals surface area contributed by atoms with Gasteiger partial charge in [0.1, 0.15) is 0 Å². The molecule has 0 radical (unpaired) electrons. The Morgan fingerprint density at radius 2 is 1.70 bits per heavy atom. The van der Waals surface area contributed by atoms with Crippen LogP contribution in [0.3, 0.4) is 0 Å². The van der Waals surface area contributed by atoms with Crippen LogP contribution in [0.2, 0.25) is 0 Å². The second kappa shape index (κ2) is 8.03. The van der Waals surface area contributed by atoms with Gasteiger partial charge in [0.25, 0.3) is 0 Å². The van der Waals surface area contributed by atoms with Crippen molar-refractivity contribution in [2.75, 3.05) is 23.3 Å². The average molecular weight is 362 g/mol. The van der Waals surface area contributed by atoms with E-state index in [4.69, 9.17) is 4.42 Å². The summed E-state index contributed by atoms with van der Waals surface area (Å²) in [6, 6.07) is 17.7. The fourth-order valence-electron chi connectivity index (χ4n) is 3.28. The van der Waals surface area contributed by atoms with Crippen molar-refractivity contribution in [3.05, 3.63) is 71.9 Å². The van der Waals surface area contributed by atoms with Crippen LogP contribution in [0.4, 0.5) is 11.4 Å². The zero-order chi connectivity index (χ0) is 18.5. The number of hydrogen-bond donors (Lipinski definition) is 1. The minimum Gasteiger partial charge on any atom is -0.417 e. The highest BCUT2D eigenvalue weighted by molar-refractivity contribution is 6.00. The van der Waals surface area contributed by atoms with Gasteiger partial charge in [-0.1, -0.05) is 30.3 Å². The normalized spacial score (nSPS) is 14.1. The van der Waals surface area contributed by atoms with E-state index in [0.717, 1.165) is 18.7 Å². The van der Waals surface area contributed by atoms with Crippen LogP contribution in [0, 0.1) is 0 Å². The van der Waals surface area contributed by atoms with Crippen LogP contribution < -0.4 is 10.2 Å². The monoisotopic (exact) mass is 362 g/mol. The van der Waals surface area contributed by atoms with E-state index in [1.165, 1.54) is 24.9 Å². The quantitative estimate of drug-likeness (QED) is 0.745. The third-order valence-electron chi connectivity index (χ3n) is 4.71. The van der Waals surface area contributed by atoms with Gasteiger partial charge in [0, 0.05) is 24.5 Å². The van der Waals surface area contributed by atoms with Crippen molar-refractivity contribution in [3.63, 3.8) is 0 Å². The van der Waals surface area contributed by atoms with Gasteiger partial charge in [-0.25, -0.2) is 0 Å². The van der Waals surface area contributed by atoms with Gasteiger partial charge in [0.05, 0.1) is 6.42 Å². The highest BCUT2D eigenvalue weighted by Gasteiger charge is 2.16. The number of hydrogen-bond acceptors (Lipinski definition) is 5. The first-order valence-corrected chi connectivity index (χ1v) is 9.30. The Morgan fingerprint density at radius 3 is 2.44 bits per heavy atom. The summed E-state index contributed by atoms with van der Waals surface area (Å²) < 4.78 is 5.50. The summed E-state index contributed by atoms with van der Waals surface area (Å²) >= 11 is 0. The first-order valence-electron chi connectivity index (χ1n) is 9.30. The molecule has 138 valence electrons. The van der Waals surface area contributed by atoms with Crippen LogP contribution in [0.15, 0.2) is 59.0 Å². The van der Waals surface area contributed by atoms with Gasteiger partial charge in [-0.2, -0.15) is 0 Å². The lowest BCUT2D eigenvalue weighted by Crippen LogP contribution is -2.29. The minimum atomic E-state index is -0.396. The Bertz CT molecular complexity index is 884. The van der Waals surface area contributed by atoms with Crippen molar-refractivity contribution in [3.8, 4) is 0 Å². The van der Waals surface area contributed by atoms with Crippen molar-refractivity contribution < 1.29 is 9.21 Å². The maximum absolute atomic E-state index is 12.3. The smallest absolute Gasteiger partial charge is 0.313 e. The lowest BCUT2D eigenvalue weighted by atomic mass is 10.1. The molecule has 1 amide bonds. The molecule has 0 bridgehead atoms. The molecule has 3 aromatic rings. The standard InChI is InChI=1S/C21H22N4O2/c26-20(21-24-23-19(27-21)15-16-7-3-1-4-8-16)22-17-9-11-18(12-10-17)25-13-5-2-6-14-25/h1,3-4,7-12H,2,5-6,13-15H2,(H,22,26). The van der Waals surface area contributed by atoms with Crippen molar-refractivity contribution in [2.24, 2.45) is 0 Å². The first-order chi connectivity index (χ1) is 13.3. The summed E-state index contributed by atoms with van der Waals surface area (Å²) in [5, 5.41) is 10.6. The Hall–Kier alpha value is -3.15. The van der Waals surface area contributed by atoms with E-state index >= 15 is 0 Å². The average Bonchev–Trinajstić information content (AvgIpc) is 3.19. The number of carbonyl (C=O) groups is 1. The molecule has 1 N–H and O–H groups in total. The second-order valence-electron chi connectivity index (χ2n) is 6.71. The molecule has 0 saturated carbocycles. The van der Waals surface area contributed by atoms with Gasteiger partial charge >= 0.3 is 11.8 Å². The van der Waals surface area contributed by atoms with Crippen LogP contribution in [-0.4, -0.2) is 29.2 Å². The van der Waals surface area contributed by atoms with E-state index in [2.05, 4.69) is 20.4 Å². The molecule has 6 heteroatoms. The molecule has 1 fully saturated rings. The van der Waals surface area contributed by atoms with Gasteiger partial charge in [-0.05, 0) is 49.1 Å². The van der Waals surface area contributed by atoms with Gasteiger partial charge in [0.2, 0.25) is 5.89 Å². The van der Waals surface area contributed by atoms with E-state index in [1.807, 2.05) is 54.6 Å². The lowest BCUT2D eigenvalue weighted by molar-refractivity contribution is 0.0988. The number of aromatic nitrogens is 2. The molecule has 2 heterocycles. The third-order valence-corrected chi connectivity index (χ3v) is 4.71. The van der Waals surface area contributed by atoms with Crippen LogP contribution in [0.25, 0.3) is 0 Å². The van der Waals surface area contributed by atoms with Crippen LogP contribution >= 0.6 is 0 Å². The van der Waals surface area contributed by atoms with Crippen molar-refractivity contribution in [1.29, 1.82) is 0 Å². The zero-order valence-electron chi connectivity index (χ0n) is 15.1. The SMILES string of the molecule is O=C(Nc1ccc(N2CCCCC2)cc1)c1nnc(Cc2ccccc2)o1. The molecule has 0 spiro atoms. The van der Waals surface area contributed by atoms with Crippen molar-refractivity contribution in [1.82, 2.24) is 10.2 Å². The predicted molar refractivity (Wildman–Crippen MR) is 104 cm³/mol. The molecule has 1 aliphatic heterocycles. The maximum Gasteiger partial charge on any atom is 0.313 e. The predicted octanol–water partition coefficient (Wildman–Crippen LogP) is 3.90. The van der Waals surface area contributed by atoms with Gasteiger partial charge in [0.15, 0.2) is 0 Å². The molecule has 0 atom stereocenters. The molecule has 6 nitrogen and oxygen atoms in total. The second-order valence-corrected chi connectivity index (χ2v) is 6.71. The van der Waals surface area contributed by atoms with E-state index in [-0.39, 0.29) is 5.89 Å². The number of rotatable bonds is 5. The zero-order valence-corrected chi connectivity index (χ0v) is 15.1. The van der Waals surface area contributed by atoms with Crippen LogP contribution in [0.1, 0.15) is 41.4 Å². The lowest BCUT2D eigenvalue weighted by Gasteiger charge is -2.28. The number of benzene rings is 2. The van der Waals surface area contributed by atoms with Crippen molar-refractivity contribution in [2.45, 2.75) is 25.7 Å². The molecular formula is C21H22N4O2. The first kappa shape index (κ1) is 17.3. The number of anilines is 2. The minimum absolute atomic E-state index is 0.0268. The van der Waals surface area contributed by atoms with Gasteiger partial charge < -0.3 is 14.6 Å². The van der Waals surface area contributed by atoms with E-state index in [0.29, 0.717) is 18.0 Å². The van der Waals surface area contributed by atoms with Crippen molar-refractivity contribution >= 4 is 17.3 Å². The summed E-state index contributed by atoms with van der Waals surface area (Å²) in [6.45, 7) is 2.19. The Kier molecular flexibility index (Phi) is 5.14. The third kappa shape index (κ3) is 4.34. The Balaban J connectivity index is 1.37. The summed E-state index contributed by atoms with van der Waals surface area (Å²) in [6.07, 6.45) is 4.29. The Labute approximate surface area is 158 Å². The molecule has 1 saturated heterocycles. The fraction of sp³-hybridized carbons (Fsp3) is 0.286. The molecule has 4 rings (SSSR count). The van der Waals surface area contributed by atoms with Crippen LogP contribution in [-0.2, 0) is 6.42 Å². The van der Waals surface area contributed by atoms with E-state index in [1.54, 1.807) is 0 Å². The topological polar surface area (TPSA) is 71.3 Å². The number of piperidine rings is 1. The highest BCUT2D eigenvalue weighted by Crippen LogP contribution is 2.22. The molecular weight excluding hydrogens is 340 g/mol. The molecule has 1 aliphatic rings. The number of nitrogens with zero attached hydrogens (tertiary/aromatic N) is 3. The van der Waals surface area contributed by atoms with Crippen LogP contribution in [0.5, 0.6) is 0 Å². The summed E-state index contributed by atoms with van der Waals surface area (Å²) in [4.78, 5) is 14.7. The number of nitrogens with one attached hydrogen (secondary N) is 1. The summed E-state index contributed by atoms with van der Waals surface area (Å²) in [5.74, 6) is 0.000341. The summed E-state index contributed by atoms with van der Waals surface area (Å²) in [7, 11) is 0. The Morgan fingerprint density at radius 1 is 0.963 bits per heavy atom. The fourth-order valence-corrected chi connectivity index (χ4v) is 3.28. The summed E-state index contributed by atoms with van der Waals surface area (Å²) in [5.41, 5.74) is 2.96. The molecule has 0 aliphatic carbocycles. The van der Waals surface area contributed by atoms with Gasteiger partial charge in [-0.3, -0.25) is 4.79 Å². The largest absolute Gasteiger partial charge is 0.417 e. The molecule has 0 unspecified atom stereocenters. The molecule has 2 aromatic carbocycles. The highest BCUT2D eigenvalue weighted by atomic mass is 16.4. The number of carbonyl (C=O) groups excluding carboxylic acids is 1. The van der Waals surface area contributed by atoms with Gasteiger partial charge in [-0.15, -0.1) is 10.2 Å². The molecule has 1 aromatic heterocycles.